The minimum absolute atomic E-state index is 0.178. The van der Waals surface area contributed by atoms with Crippen LogP contribution in [0.4, 0.5) is 16.3 Å². The SMILES string of the molecule is Cn1ncc(N)c1N[C@H]1CC[C@@H](NC(=O)OC(C)(C)C)CC1. The average molecular weight is 309 g/mol. The van der Waals surface area contributed by atoms with Crippen molar-refractivity contribution in [1.29, 1.82) is 0 Å². The van der Waals surface area contributed by atoms with E-state index >= 15 is 0 Å². The van der Waals surface area contributed by atoms with Crippen molar-refractivity contribution in [3.05, 3.63) is 6.20 Å². The number of nitrogen functional groups attached to an aromatic ring is 1. The number of aromatic nitrogens is 2. The minimum atomic E-state index is -0.458. The van der Waals surface area contributed by atoms with Crippen LogP contribution in [0.15, 0.2) is 6.20 Å². The zero-order valence-corrected chi connectivity index (χ0v) is 13.8. The second kappa shape index (κ2) is 6.46. The van der Waals surface area contributed by atoms with Gasteiger partial charge in [0.25, 0.3) is 0 Å². The van der Waals surface area contributed by atoms with Crippen molar-refractivity contribution in [2.24, 2.45) is 7.05 Å². The van der Waals surface area contributed by atoms with Gasteiger partial charge in [0.1, 0.15) is 11.4 Å². The number of hydrogen-bond donors (Lipinski definition) is 3. The molecule has 0 bridgehead atoms. The molecular formula is C15H27N5O2. The van der Waals surface area contributed by atoms with Gasteiger partial charge in [-0.05, 0) is 46.5 Å². The summed E-state index contributed by atoms with van der Waals surface area (Å²) in [6, 6.07) is 0.533. The normalized spacial score (nSPS) is 22.2. The fraction of sp³-hybridized carbons (Fsp3) is 0.733. The topological polar surface area (TPSA) is 94.2 Å². The molecule has 0 saturated heterocycles. The van der Waals surface area contributed by atoms with Crippen molar-refractivity contribution in [2.45, 2.75) is 64.1 Å². The van der Waals surface area contributed by atoms with Crippen LogP contribution in [0.3, 0.4) is 0 Å². The molecule has 2 rings (SSSR count). The molecule has 1 saturated carbocycles. The number of carbonyl (C=O) groups is 1. The lowest BCUT2D eigenvalue weighted by Gasteiger charge is -2.31. The van der Waals surface area contributed by atoms with Crippen molar-refractivity contribution in [2.75, 3.05) is 11.1 Å². The molecule has 0 aliphatic heterocycles. The highest BCUT2D eigenvalue weighted by atomic mass is 16.6. The summed E-state index contributed by atoms with van der Waals surface area (Å²) in [7, 11) is 1.87. The fourth-order valence-electron chi connectivity index (χ4n) is 2.68. The smallest absolute Gasteiger partial charge is 0.407 e. The lowest BCUT2D eigenvalue weighted by Crippen LogP contribution is -2.42. The molecule has 7 heteroatoms. The zero-order chi connectivity index (χ0) is 16.3. The third kappa shape index (κ3) is 4.54. The Balaban J connectivity index is 1.77. The van der Waals surface area contributed by atoms with E-state index in [2.05, 4.69) is 15.7 Å². The maximum atomic E-state index is 11.8. The van der Waals surface area contributed by atoms with Gasteiger partial charge >= 0.3 is 6.09 Å². The minimum Gasteiger partial charge on any atom is -0.444 e. The molecule has 1 amide bonds. The van der Waals surface area contributed by atoms with Gasteiger partial charge in [-0.15, -0.1) is 0 Å². The molecule has 0 radical (unpaired) electrons. The molecule has 1 heterocycles. The number of rotatable bonds is 3. The zero-order valence-electron chi connectivity index (χ0n) is 13.8. The lowest BCUT2D eigenvalue weighted by atomic mass is 9.91. The molecule has 22 heavy (non-hydrogen) atoms. The van der Waals surface area contributed by atoms with E-state index in [-0.39, 0.29) is 12.1 Å². The number of nitrogens with one attached hydrogen (secondary N) is 2. The fourth-order valence-corrected chi connectivity index (χ4v) is 2.68. The first kappa shape index (κ1) is 16.5. The Bertz CT molecular complexity index is 493. The first-order valence-electron chi connectivity index (χ1n) is 7.78. The maximum Gasteiger partial charge on any atom is 0.407 e. The summed E-state index contributed by atoms with van der Waals surface area (Å²) in [5.74, 6) is 0.864. The quantitative estimate of drug-likeness (QED) is 0.796. The molecular weight excluding hydrogens is 282 g/mol. The Morgan fingerprint density at radius 1 is 1.32 bits per heavy atom. The van der Waals surface area contributed by atoms with E-state index < -0.39 is 5.60 Å². The number of nitrogens with two attached hydrogens (primary N) is 1. The summed E-state index contributed by atoms with van der Waals surface area (Å²) in [6.07, 6.45) is 5.12. The van der Waals surface area contributed by atoms with E-state index in [1.54, 1.807) is 10.9 Å². The summed E-state index contributed by atoms with van der Waals surface area (Å²) in [4.78, 5) is 11.8. The van der Waals surface area contributed by atoms with E-state index in [0.717, 1.165) is 31.5 Å². The van der Waals surface area contributed by atoms with E-state index in [9.17, 15) is 4.79 Å². The largest absolute Gasteiger partial charge is 0.444 e. The van der Waals surface area contributed by atoms with Crippen molar-refractivity contribution in [1.82, 2.24) is 15.1 Å². The standard InChI is InChI=1S/C15H27N5O2/c1-15(2,3)22-14(21)19-11-7-5-10(6-8-11)18-13-12(16)9-17-20(13)4/h9-11,18H,5-8,16H2,1-4H3,(H,19,21)/t10-,11+. The third-order valence-corrected chi connectivity index (χ3v) is 3.76. The highest BCUT2D eigenvalue weighted by molar-refractivity contribution is 5.68. The molecule has 1 aliphatic carbocycles. The second-order valence-corrected chi connectivity index (χ2v) is 6.91. The number of hydrogen-bond acceptors (Lipinski definition) is 5. The lowest BCUT2D eigenvalue weighted by molar-refractivity contribution is 0.0492. The van der Waals surface area contributed by atoms with Gasteiger partial charge in [-0.25, -0.2) is 4.79 Å². The summed E-state index contributed by atoms with van der Waals surface area (Å²) >= 11 is 0. The van der Waals surface area contributed by atoms with Crippen LogP contribution in [0.5, 0.6) is 0 Å². The number of nitrogens with zero attached hydrogens (tertiary/aromatic N) is 2. The summed E-state index contributed by atoms with van der Waals surface area (Å²) in [5.41, 5.74) is 6.10. The number of carbonyl (C=O) groups excluding carboxylic acids is 1. The van der Waals surface area contributed by atoms with Crippen molar-refractivity contribution >= 4 is 17.6 Å². The molecule has 1 aliphatic rings. The average Bonchev–Trinajstić information content (AvgIpc) is 2.70. The summed E-state index contributed by atoms with van der Waals surface area (Å²) in [5, 5.41) is 10.5. The van der Waals surface area contributed by atoms with E-state index in [1.807, 2.05) is 27.8 Å². The Morgan fingerprint density at radius 3 is 2.41 bits per heavy atom. The van der Waals surface area contributed by atoms with E-state index in [0.29, 0.717) is 11.7 Å². The Kier molecular flexibility index (Phi) is 4.83. The molecule has 124 valence electrons. The van der Waals surface area contributed by atoms with Gasteiger partial charge in [0, 0.05) is 19.1 Å². The summed E-state index contributed by atoms with van der Waals surface area (Å²) in [6.45, 7) is 5.60. The van der Waals surface area contributed by atoms with Gasteiger partial charge in [0.15, 0.2) is 0 Å². The van der Waals surface area contributed by atoms with Crippen LogP contribution in [-0.2, 0) is 11.8 Å². The number of ether oxygens (including phenoxy) is 1. The van der Waals surface area contributed by atoms with Crippen LogP contribution in [0.1, 0.15) is 46.5 Å². The molecule has 1 fully saturated rings. The Morgan fingerprint density at radius 2 is 1.91 bits per heavy atom. The van der Waals surface area contributed by atoms with Crippen molar-refractivity contribution < 1.29 is 9.53 Å². The molecule has 0 unspecified atom stereocenters. The first-order chi connectivity index (χ1) is 10.2. The predicted octanol–water partition coefficient (Wildman–Crippen LogP) is 2.25. The highest BCUT2D eigenvalue weighted by Gasteiger charge is 2.25. The monoisotopic (exact) mass is 309 g/mol. The molecule has 4 N–H and O–H groups in total. The van der Waals surface area contributed by atoms with Crippen LogP contribution in [0, 0.1) is 0 Å². The molecule has 0 spiro atoms. The van der Waals surface area contributed by atoms with Gasteiger partial charge in [-0.1, -0.05) is 0 Å². The van der Waals surface area contributed by atoms with Crippen molar-refractivity contribution in [3.63, 3.8) is 0 Å². The van der Waals surface area contributed by atoms with Crippen molar-refractivity contribution in [3.8, 4) is 0 Å². The molecule has 0 atom stereocenters. The van der Waals surface area contributed by atoms with Crippen LogP contribution >= 0.6 is 0 Å². The van der Waals surface area contributed by atoms with E-state index in [1.165, 1.54) is 0 Å². The number of aryl methyl sites for hydroxylation is 1. The Labute approximate surface area is 131 Å². The first-order valence-corrected chi connectivity index (χ1v) is 7.78. The van der Waals surface area contributed by atoms with E-state index in [4.69, 9.17) is 10.5 Å². The molecule has 7 nitrogen and oxygen atoms in total. The van der Waals surface area contributed by atoms with Crippen LogP contribution in [0.2, 0.25) is 0 Å². The van der Waals surface area contributed by atoms with Gasteiger partial charge in [-0.2, -0.15) is 5.10 Å². The van der Waals surface area contributed by atoms with Gasteiger partial charge in [0.05, 0.1) is 11.9 Å². The molecule has 0 aromatic carbocycles. The van der Waals surface area contributed by atoms with Crippen LogP contribution < -0.4 is 16.4 Å². The molecule has 1 aromatic rings. The van der Waals surface area contributed by atoms with Gasteiger partial charge in [0.2, 0.25) is 0 Å². The van der Waals surface area contributed by atoms with Crippen LogP contribution in [0.25, 0.3) is 0 Å². The number of amides is 1. The third-order valence-electron chi connectivity index (χ3n) is 3.76. The maximum absolute atomic E-state index is 11.8. The second-order valence-electron chi connectivity index (χ2n) is 6.91. The predicted molar refractivity (Wildman–Crippen MR) is 86.7 cm³/mol. The molecule has 1 aromatic heterocycles. The van der Waals surface area contributed by atoms with Gasteiger partial charge < -0.3 is 21.1 Å². The highest BCUT2D eigenvalue weighted by Crippen LogP contribution is 2.25. The number of alkyl carbamates (subject to hydrolysis) is 1. The van der Waals surface area contributed by atoms with Crippen LogP contribution in [-0.4, -0.2) is 33.6 Å². The number of anilines is 2. The van der Waals surface area contributed by atoms with Gasteiger partial charge in [-0.3, -0.25) is 4.68 Å². The summed E-state index contributed by atoms with van der Waals surface area (Å²) < 4.78 is 7.04. The Hall–Kier alpha value is -1.92.